The normalized spacial score (nSPS) is 16.1. The first kappa shape index (κ1) is 14.9. The van der Waals surface area contributed by atoms with E-state index in [1.54, 1.807) is 7.11 Å². The lowest BCUT2D eigenvalue weighted by molar-refractivity contribution is -0.134. The number of carbonyl (C=O) groups excluding carboxylic acids is 1. The van der Waals surface area contributed by atoms with Crippen LogP contribution in [0.2, 0.25) is 0 Å². The van der Waals surface area contributed by atoms with Crippen molar-refractivity contribution in [2.75, 3.05) is 7.11 Å². The molecule has 1 aliphatic carbocycles. The van der Waals surface area contributed by atoms with Gasteiger partial charge in [0, 0.05) is 12.6 Å². The van der Waals surface area contributed by atoms with Crippen LogP contribution in [0.4, 0.5) is 0 Å². The molecule has 0 bridgehead atoms. The Kier molecular flexibility index (Phi) is 4.65. The van der Waals surface area contributed by atoms with Gasteiger partial charge < -0.3 is 15.4 Å². The van der Waals surface area contributed by atoms with Crippen LogP contribution in [-0.2, 0) is 11.3 Å². The summed E-state index contributed by atoms with van der Waals surface area (Å²) in [5.74, 6) is 1.06. The van der Waals surface area contributed by atoms with Crippen LogP contribution in [0.25, 0.3) is 0 Å². The molecule has 0 unspecified atom stereocenters. The average molecular weight is 276 g/mol. The zero-order chi connectivity index (χ0) is 14.7. The average Bonchev–Trinajstić information content (AvgIpc) is 3.28. The molecule has 0 heterocycles. The fraction of sp³-hybridized carbons (Fsp3) is 0.562. The molecule has 110 valence electrons. The lowest BCUT2D eigenvalue weighted by Crippen LogP contribution is -2.47. The zero-order valence-corrected chi connectivity index (χ0v) is 12.5. The van der Waals surface area contributed by atoms with E-state index in [4.69, 9.17) is 10.5 Å². The Morgan fingerprint density at radius 3 is 2.40 bits per heavy atom. The molecule has 2 N–H and O–H groups in total. The van der Waals surface area contributed by atoms with Crippen molar-refractivity contribution in [3.05, 3.63) is 29.8 Å². The van der Waals surface area contributed by atoms with Crippen LogP contribution in [-0.4, -0.2) is 30.0 Å². The van der Waals surface area contributed by atoms with Crippen LogP contribution < -0.4 is 10.5 Å². The minimum Gasteiger partial charge on any atom is -0.497 e. The van der Waals surface area contributed by atoms with Crippen molar-refractivity contribution in [2.45, 2.75) is 45.3 Å². The third kappa shape index (κ3) is 3.51. The summed E-state index contributed by atoms with van der Waals surface area (Å²) in [5.41, 5.74) is 7.13. The number of ether oxygens (including phenoxy) is 1. The maximum atomic E-state index is 12.5. The molecule has 1 saturated carbocycles. The van der Waals surface area contributed by atoms with Crippen LogP contribution in [0.1, 0.15) is 32.3 Å². The molecular weight excluding hydrogens is 252 g/mol. The first-order chi connectivity index (χ1) is 9.52. The zero-order valence-electron chi connectivity index (χ0n) is 12.5. The summed E-state index contributed by atoms with van der Waals surface area (Å²) in [6.45, 7) is 4.61. The van der Waals surface area contributed by atoms with Crippen molar-refractivity contribution in [3.63, 3.8) is 0 Å². The summed E-state index contributed by atoms with van der Waals surface area (Å²) in [6.07, 6.45) is 2.18. The highest BCUT2D eigenvalue weighted by molar-refractivity contribution is 5.82. The van der Waals surface area contributed by atoms with Crippen molar-refractivity contribution >= 4 is 5.91 Å². The van der Waals surface area contributed by atoms with Crippen LogP contribution >= 0.6 is 0 Å². The van der Waals surface area contributed by atoms with Crippen molar-refractivity contribution in [1.82, 2.24) is 4.90 Å². The van der Waals surface area contributed by atoms with E-state index in [0.29, 0.717) is 12.6 Å². The number of hydrogen-bond acceptors (Lipinski definition) is 3. The number of benzene rings is 1. The Hall–Kier alpha value is -1.55. The van der Waals surface area contributed by atoms with Gasteiger partial charge in [-0.25, -0.2) is 0 Å². The minimum atomic E-state index is -0.408. The van der Waals surface area contributed by atoms with Crippen molar-refractivity contribution in [3.8, 4) is 5.75 Å². The van der Waals surface area contributed by atoms with Crippen molar-refractivity contribution in [1.29, 1.82) is 0 Å². The molecule has 4 nitrogen and oxygen atoms in total. The molecule has 0 radical (unpaired) electrons. The number of methoxy groups -OCH3 is 1. The number of amides is 1. The number of nitrogens with two attached hydrogens (primary N) is 1. The van der Waals surface area contributed by atoms with E-state index in [1.807, 2.05) is 43.0 Å². The molecule has 1 aromatic rings. The molecule has 1 aliphatic rings. The first-order valence-electron chi connectivity index (χ1n) is 7.22. The SMILES string of the molecule is COc1ccc(CN(C(=O)[C@@H](N)C(C)C)C2CC2)cc1. The van der Waals surface area contributed by atoms with Gasteiger partial charge in [0.2, 0.25) is 5.91 Å². The van der Waals surface area contributed by atoms with Gasteiger partial charge in [0.1, 0.15) is 5.75 Å². The Morgan fingerprint density at radius 2 is 1.95 bits per heavy atom. The second-order valence-electron chi connectivity index (χ2n) is 5.82. The minimum absolute atomic E-state index is 0.0679. The fourth-order valence-electron chi connectivity index (χ4n) is 2.18. The molecule has 0 aromatic heterocycles. The van der Waals surface area contributed by atoms with Crippen LogP contribution in [0.3, 0.4) is 0 Å². The second kappa shape index (κ2) is 6.27. The largest absolute Gasteiger partial charge is 0.497 e. The van der Waals surface area contributed by atoms with Gasteiger partial charge in [-0.2, -0.15) is 0 Å². The molecule has 1 aromatic carbocycles. The van der Waals surface area contributed by atoms with Gasteiger partial charge in [-0.1, -0.05) is 26.0 Å². The van der Waals surface area contributed by atoms with Crippen LogP contribution in [0.5, 0.6) is 5.75 Å². The lowest BCUT2D eigenvalue weighted by Gasteiger charge is -2.27. The number of hydrogen-bond donors (Lipinski definition) is 1. The maximum absolute atomic E-state index is 12.5. The van der Waals surface area contributed by atoms with E-state index >= 15 is 0 Å². The highest BCUT2D eigenvalue weighted by Crippen LogP contribution is 2.29. The van der Waals surface area contributed by atoms with Gasteiger partial charge in [-0.3, -0.25) is 4.79 Å². The molecule has 0 saturated heterocycles. The Labute approximate surface area is 120 Å². The molecule has 2 rings (SSSR count). The molecule has 0 spiro atoms. The van der Waals surface area contributed by atoms with Gasteiger partial charge >= 0.3 is 0 Å². The van der Waals surface area contributed by atoms with Gasteiger partial charge in [0.15, 0.2) is 0 Å². The monoisotopic (exact) mass is 276 g/mol. The van der Waals surface area contributed by atoms with Crippen LogP contribution in [0, 0.1) is 5.92 Å². The topological polar surface area (TPSA) is 55.6 Å². The van der Waals surface area contributed by atoms with Gasteiger partial charge in [0.05, 0.1) is 13.2 Å². The summed E-state index contributed by atoms with van der Waals surface area (Å²) in [5, 5.41) is 0. The summed E-state index contributed by atoms with van der Waals surface area (Å²) >= 11 is 0. The molecular formula is C16H24N2O2. The van der Waals surface area contributed by atoms with Crippen LogP contribution in [0.15, 0.2) is 24.3 Å². The van der Waals surface area contributed by atoms with E-state index in [9.17, 15) is 4.79 Å². The maximum Gasteiger partial charge on any atom is 0.240 e. The molecule has 20 heavy (non-hydrogen) atoms. The summed E-state index contributed by atoms with van der Waals surface area (Å²) < 4.78 is 5.15. The molecule has 1 atom stereocenters. The van der Waals surface area contributed by atoms with E-state index in [-0.39, 0.29) is 11.8 Å². The third-order valence-electron chi connectivity index (χ3n) is 3.79. The smallest absolute Gasteiger partial charge is 0.240 e. The first-order valence-corrected chi connectivity index (χ1v) is 7.22. The van der Waals surface area contributed by atoms with E-state index in [0.717, 1.165) is 24.2 Å². The lowest BCUT2D eigenvalue weighted by atomic mass is 10.0. The highest BCUT2D eigenvalue weighted by Gasteiger charge is 2.35. The molecule has 1 fully saturated rings. The fourth-order valence-corrected chi connectivity index (χ4v) is 2.18. The quantitative estimate of drug-likeness (QED) is 0.866. The molecule has 4 heteroatoms. The molecule has 1 amide bonds. The van der Waals surface area contributed by atoms with Gasteiger partial charge in [0.25, 0.3) is 0 Å². The summed E-state index contributed by atoms with van der Waals surface area (Å²) in [4.78, 5) is 14.4. The standard InChI is InChI=1S/C16H24N2O2/c1-11(2)15(17)16(19)18(13-6-7-13)10-12-4-8-14(20-3)9-5-12/h4-5,8-9,11,13,15H,6-7,10,17H2,1-3H3/t15-/m0/s1. The summed E-state index contributed by atoms with van der Waals surface area (Å²) in [6, 6.07) is 7.81. The number of carbonyl (C=O) groups is 1. The Bertz CT molecular complexity index is 452. The number of nitrogens with zero attached hydrogens (tertiary/aromatic N) is 1. The van der Waals surface area contributed by atoms with Crippen molar-refractivity contribution < 1.29 is 9.53 Å². The summed E-state index contributed by atoms with van der Waals surface area (Å²) in [7, 11) is 1.65. The predicted octanol–water partition coefficient (Wildman–Crippen LogP) is 2.17. The van der Waals surface area contributed by atoms with Crippen molar-refractivity contribution in [2.24, 2.45) is 11.7 Å². The predicted molar refractivity (Wildman–Crippen MR) is 79.4 cm³/mol. The third-order valence-corrected chi connectivity index (χ3v) is 3.79. The highest BCUT2D eigenvalue weighted by atomic mass is 16.5. The van der Waals surface area contributed by atoms with Gasteiger partial charge in [-0.05, 0) is 36.5 Å². The Balaban J connectivity index is 2.07. The second-order valence-corrected chi connectivity index (χ2v) is 5.82. The van der Waals surface area contributed by atoms with Gasteiger partial charge in [-0.15, -0.1) is 0 Å². The Morgan fingerprint density at radius 1 is 1.35 bits per heavy atom. The van der Waals surface area contributed by atoms with E-state index in [1.165, 1.54) is 0 Å². The molecule has 0 aliphatic heterocycles. The van der Waals surface area contributed by atoms with E-state index < -0.39 is 6.04 Å². The van der Waals surface area contributed by atoms with E-state index in [2.05, 4.69) is 0 Å². The number of rotatable bonds is 6.